The van der Waals surface area contributed by atoms with Gasteiger partial charge in [0, 0.05) is 35.2 Å². The number of fused-ring (bicyclic) bond motifs is 1. The molecule has 0 aliphatic carbocycles. The second-order valence-corrected chi connectivity index (χ2v) is 4.37. The van der Waals surface area contributed by atoms with Gasteiger partial charge in [0.25, 0.3) is 0 Å². The quantitative estimate of drug-likeness (QED) is 0.736. The van der Waals surface area contributed by atoms with E-state index >= 15 is 0 Å². The molecule has 0 saturated carbocycles. The number of aliphatic hydroxyl groups is 1. The van der Waals surface area contributed by atoms with Crippen LogP contribution in [-0.2, 0) is 0 Å². The summed E-state index contributed by atoms with van der Waals surface area (Å²) in [5, 5.41) is 14.4. The van der Waals surface area contributed by atoms with Gasteiger partial charge in [0.1, 0.15) is 0 Å². The maximum absolute atomic E-state index is 10.1. The Morgan fingerprint density at radius 1 is 1.31 bits per heavy atom. The van der Waals surface area contributed by atoms with E-state index in [1.165, 1.54) is 0 Å². The molecule has 2 aromatic rings. The van der Waals surface area contributed by atoms with Crippen molar-refractivity contribution in [2.24, 2.45) is 0 Å². The highest BCUT2D eigenvalue weighted by molar-refractivity contribution is 5.83. The molecule has 3 N–H and O–H groups in total. The molecular formula is C13H18N2O. The number of para-hydroxylation sites is 1. The Morgan fingerprint density at radius 2 is 2.06 bits per heavy atom. The molecule has 0 fully saturated rings. The van der Waals surface area contributed by atoms with E-state index in [1.54, 1.807) is 0 Å². The number of aromatic nitrogens is 1. The molecule has 3 nitrogen and oxygen atoms in total. The van der Waals surface area contributed by atoms with Crippen LogP contribution < -0.4 is 5.32 Å². The summed E-state index contributed by atoms with van der Waals surface area (Å²) in [5.74, 6) is 0. The van der Waals surface area contributed by atoms with Crippen molar-refractivity contribution in [2.75, 3.05) is 6.54 Å². The normalized spacial score (nSPS) is 13.5. The number of benzene rings is 1. The van der Waals surface area contributed by atoms with Gasteiger partial charge in [0.05, 0.1) is 6.10 Å². The third kappa shape index (κ3) is 2.26. The largest absolute Gasteiger partial charge is 0.387 e. The first kappa shape index (κ1) is 11.2. The Hall–Kier alpha value is -1.32. The van der Waals surface area contributed by atoms with Crippen molar-refractivity contribution < 1.29 is 5.11 Å². The fourth-order valence-corrected chi connectivity index (χ4v) is 1.83. The first-order valence-electron chi connectivity index (χ1n) is 5.66. The molecule has 1 aromatic heterocycles. The lowest BCUT2D eigenvalue weighted by molar-refractivity contribution is 0.173. The molecule has 86 valence electrons. The van der Waals surface area contributed by atoms with Crippen LogP contribution in [0.2, 0.25) is 0 Å². The maximum atomic E-state index is 10.1. The molecule has 1 aromatic carbocycles. The molecule has 3 heteroatoms. The monoisotopic (exact) mass is 218 g/mol. The number of aromatic amines is 1. The van der Waals surface area contributed by atoms with E-state index < -0.39 is 6.10 Å². The van der Waals surface area contributed by atoms with Crippen LogP contribution in [0.3, 0.4) is 0 Å². The Morgan fingerprint density at radius 3 is 2.81 bits per heavy atom. The third-order valence-corrected chi connectivity index (χ3v) is 2.70. The van der Waals surface area contributed by atoms with Gasteiger partial charge in [-0.1, -0.05) is 32.0 Å². The third-order valence-electron chi connectivity index (χ3n) is 2.70. The number of aliphatic hydroxyl groups excluding tert-OH is 1. The van der Waals surface area contributed by atoms with Crippen LogP contribution in [0.15, 0.2) is 30.5 Å². The van der Waals surface area contributed by atoms with E-state index in [0.29, 0.717) is 12.6 Å². The van der Waals surface area contributed by atoms with Gasteiger partial charge in [0.2, 0.25) is 0 Å². The maximum Gasteiger partial charge on any atom is 0.0935 e. The zero-order chi connectivity index (χ0) is 11.5. The predicted octanol–water partition coefficient (Wildman–Crippen LogP) is 2.20. The summed E-state index contributed by atoms with van der Waals surface area (Å²) in [5.41, 5.74) is 2.03. The number of H-pyrrole nitrogens is 1. The van der Waals surface area contributed by atoms with Crippen LogP contribution in [-0.4, -0.2) is 22.7 Å². The topological polar surface area (TPSA) is 48.0 Å². The molecule has 0 saturated heterocycles. The van der Waals surface area contributed by atoms with Gasteiger partial charge in [-0.05, 0) is 6.07 Å². The van der Waals surface area contributed by atoms with E-state index in [9.17, 15) is 5.11 Å². The molecule has 0 aliphatic rings. The van der Waals surface area contributed by atoms with Crippen molar-refractivity contribution in [3.8, 4) is 0 Å². The van der Waals surface area contributed by atoms with Crippen LogP contribution in [0.4, 0.5) is 0 Å². The SMILES string of the molecule is CC(C)NC[C@H](O)c1c[nH]c2ccccc12. The Labute approximate surface area is 95.5 Å². The molecule has 0 aliphatic heterocycles. The Bertz CT molecular complexity index is 462. The van der Waals surface area contributed by atoms with Gasteiger partial charge in [-0.2, -0.15) is 0 Å². The zero-order valence-electron chi connectivity index (χ0n) is 9.70. The lowest BCUT2D eigenvalue weighted by atomic mass is 10.1. The molecule has 0 radical (unpaired) electrons. The van der Waals surface area contributed by atoms with Gasteiger partial charge in [-0.15, -0.1) is 0 Å². The molecule has 0 amide bonds. The van der Waals surface area contributed by atoms with Crippen LogP contribution in [0.5, 0.6) is 0 Å². The average Bonchev–Trinajstić information content (AvgIpc) is 2.69. The summed E-state index contributed by atoms with van der Waals surface area (Å²) in [6.45, 7) is 4.73. The fourth-order valence-electron chi connectivity index (χ4n) is 1.83. The first-order chi connectivity index (χ1) is 7.68. The molecule has 1 atom stereocenters. The van der Waals surface area contributed by atoms with Crippen LogP contribution in [0.1, 0.15) is 25.5 Å². The Kier molecular flexibility index (Phi) is 3.27. The number of hydrogen-bond acceptors (Lipinski definition) is 2. The second-order valence-electron chi connectivity index (χ2n) is 4.37. The zero-order valence-corrected chi connectivity index (χ0v) is 9.70. The highest BCUT2D eigenvalue weighted by Crippen LogP contribution is 2.23. The molecule has 1 heterocycles. The van der Waals surface area contributed by atoms with Gasteiger partial charge in [-0.25, -0.2) is 0 Å². The highest BCUT2D eigenvalue weighted by Gasteiger charge is 2.12. The molecular weight excluding hydrogens is 200 g/mol. The van der Waals surface area contributed by atoms with E-state index in [2.05, 4.69) is 24.1 Å². The molecule has 0 spiro atoms. The number of hydrogen-bond donors (Lipinski definition) is 3. The van der Waals surface area contributed by atoms with E-state index in [4.69, 9.17) is 0 Å². The second kappa shape index (κ2) is 4.68. The summed E-state index contributed by atoms with van der Waals surface area (Å²) in [7, 11) is 0. The van der Waals surface area contributed by atoms with Gasteiger partial charge in [0.15, 0.2) is 0 Å². The lowest BCUT2D eigenvalue weighted by Gasteiger charge is -2.13. The fraction of sp³-hybridized carbons (Fsp3) is 0.385. The molecule has 0 bridgehead atoms. The minimum Gasteiger partial charge on any atom is -0.387 e. The molecule has 16 heavy (non-hydrogen) atoms. The van der Waals surface area contributed by atoms with Crippen LogP contribution in [0.25, 0.3) is 10.9 Å². The van der Waals surface area contributed by atoms with Crippen LogP contribution >= 0.6 is 0 Å². The van der Waals surface area contributed by atoms with Crippen molar-refractivity contribution >= 4 is 10.9 Å². The van der Waals surface area contributed by atoms with Crippen molar-refractivity contribution in [3.63, 3.8) is 0 Å². The summed E-state index contributed by atoms with van der Waals surface area (Å²) in [6.07, 6.45) is 1.43. The van der Waals surface area contributed by atoms with E-state index in [0.717, 1.165) is 16.5 Å². The summed E-state index contributed by atoms with van der Waals surface area (Å²) in [6, 6.07) is 8.41. The minimum absolute atomic E-state index is 0.389. The first-order valence-corrected chi connectivity index (χ1v) is 5.66. The van der Waals surface area contributed by atoms with E-state index in [-0.39, 0.29) is 0 Å². The summed E-state index contributed by atoms with van der Waals surface area (Å²) in [4.78, 5) is 3.17. The average molecular weight is 218 g/mol. The van der Waals surface area contributed by atoms with Crippen molar-refractivity contribution in [1.29, 1.82) is 0 Å². The molecule has 2 rings (SSSR count). The number of nitrogens with one attached hydrogen (secondary N) is 2. The van der Waals surface area contributed by atoms with Crippen molar-refractivity contribution in [1.82, 2.24) is 10.3 Å². The van der Waals surface area contributed by atoms with E-state index in [1.807, 2.05) is 30.5 Å². The van der Waals surface area contributed by atoms with Gasteiger partial charge in [-0.3, -0.25) is 0 Å². The van der Waals surface area contributed by atoms with Gasteiger partial charge < -0.3 is 15.4 Å². The van der Waals surface area contributed by atoms with Gasteiger partial charge >= 0.3 is 0 Å². The predicted molar refractivity (Wildman–Crippen MR) is 66.4 cm³/mol. The Balaban J connectivity index is 2.19. The smallest absolute Gasteiger partial charge is 0.0935 e. The summed E-state index contributed by atoms with van der Waals surface area (Å²) >= 11 is 0. The van der Waals surface area contributed by atoms with Crippen LogP contribution in [0, 0.1) is 0 Å². The minimum atomic E-state index is -0.460. The summed E-state index contributed by atoms with van der Waals surface area (Å²) < 4.78 is 0. The van der Waals surface area contributed by atoms with Crippen molar-refractivity contribution in [2.45, 2.75) is 26.0 Å². The standard InChI is InChI=1S/C13H18N2O/c1-9(2)14-8-13(16)11-7-15-12-6-4-3-5-10(11)12/h3-7,9,13-16H,8H2,1-2H3/t13-/m0/s1. The molecule has 0 unspecified atom stereocenters. The lowest BCUT2D eigenvalue weighted by Crippen LogP contribution is -2.27. The van der Waals surface area contributed by atoms with Crippen molar-refractivity contribution in [3.05, 3.63) is 36.0 Å². The number of rotatable bonds is 4. The highest BCUT2D eigenvalue weighted by atomic mass is 16.3.